The Morgan fingerprint density at radius 1 is 1.12 bits per heavy atom. The van der Waals surface area contributed by atoms with Crippen LogP contribution in [-0.2, 0) is 12.6 Å². The number of rotatable bonds is 2. The van der Waals surface area contributed by atoms with Crippen molar-refractivity contribution in [2.45, 2.75) is 12.6 Å². The molecule has 1 aromatic carbocycles. The summed E-state index contributed by atoms with van der Waals surface area (Å²) >= 11 is 2.99. The summed E-state index contributed by atoms with van der Waals surface area (Å²) in [6.07, 6.45) is -4.01. The van der Waals surface area contributed by atoms with E-state index in [0.29, 0.717) is 17.9 Å². The van der Waals surface area contributed by atoms with Crippen LogP contribution < -0.4 is 0 Å². The summed E-state index contributed by atoms with van der Waals surface area (Å²) in [5.41, 5.74) is 0.00195. The Morgan fingerprint density at radius 2 is 1.76 bits per heavy atom. The zero-order valence-electron chi connectivity index (χ0n) is 8.33. The van der Waals surface area contributed by atoms with E-state index in [2.05, 4.69) is 26.1 Å². The predicted octanol–water partition coefficient (Wildman–Crippen LogP) is 3.44. The Balaban J connectivity index is 2.13. The second-order valence-electron chi connectivity index (χ2n) is 3.32. The molecule has 0 N–H and O–H groups in total. The van der Waals surface area contributed by atoms with Crippen molar-refractivity contribution in [2.75, 3.05) is 0 Å². The number of aromatic nitrogens is 2. The van der Waals surface area contributed by atoms with E-state index in [4.69, 9.17) is 4.42 Å². The van der Waals surface area contributed by atoms with Crippen molar-refractivity contribution in [3.8, 4) is 0 Å². The summed E-state index contributed by atoms with van der Waals surface area (Å²) in [4.78, 5) is 0.249. The lowest BCUT2D eigenvalue weighted by Gasteiger charge is -2.06. The van der Waals surface area contributed by atoms with Crippen LogP contribution in [0.15, 0.2) is 33.5 Å². The van der Waals surface area contributed by atoms with Gasteiger partial charge in [-0.15, -0.1) is 10.2 Å². The molecule has 7 heteroatoms. The summed E-state index contributed by atoms with van der Waals surface area (Å²) in [5.74, 6) is 0.344. The van der Waals surface area contributed by atoms with Crippen LogP contribution in [0.2, 0.25) is 0 Å². The molecule has 1 heterocycles. The third kappa shape index (κ3) is 3.06. The number of halogens is 4. The first kappa shape index (κ1) is 12.1. The van der Waals surface area contributed by atoms with Gasteiger partial charge in [0.15, 0.2) is 0 Å². The molecular weight excluding hydrogens is 301 g/mol. The fourth-order valence-electron chi connectivity index (χ4n) is 1.29. The summed E-state index contributed by atoms with van der Waals surface area (Å²) in [6.45, 7) is 0. The topological polar surface area (TPSA) is 38.9 Å². The molecule has 0 aliphatic carbocycles. The molecule has 0 aliphatic heterocycles. The molecule has 0 radical (unpaired) electrons. The number of nitrogens with zero attached hydrogens (tertiary/aromatic N) is 2. The van der Waals surface area contributed by atoms with Crippen molar-refractivity contribution in [3.05, 3.63) is 46.1 Å². The number of benzene rings is 1. The second-order valence-corrected chi connectivity index (χ2v) is 4.00. The Hall–Kier alpha value is -1.37. The van der Waals surface area contributed by atoms with Gasteiger partial charge in [0.25, 0.3) is 4.80 Å². The van der Waals surface area contributed by atoms with Gasteiger partial charge in [0.2, 0.25) is 5.89 Å². The van der Waals surface area contributed by atoms with Crippen molar-refractivity contribution in [3.63, 3.8) is 0 Å². The fraction of sp³-hybridized carbons (Fsp3) is 0.200. The van der Waals surface area contributed by atoms with Crippen LogP contribution in [0, 0.1) is 0 Å². The van der Waals surface area contributed by atoms with Crippen molar-refractivity contribution >= 4 is 15.9 Å². The molecule has 0 fully saturated rings. The standard InChI is InChI=1S/C10H6BrF3N2O/c11-9-16-15-8(17-9)5-6-1-3-7(4-2-6)10(12,13)14/h1-4H,5H2. The lowest BCUT2D eigenvalue weighted by atomic mass is 10.1. The largest absolute Gasteiger partial charge is 0.416 e. The maximum absolute atomic E-state index is 12.3. The van der Waals surface area contributed by atoms with E-state index in [1.54, 1.807) is 0 Å². The average molecular weight is 307 g/mol. The van der Waals surface area contributed by atoms with Gasteiger partial charge in [-0.2, -0.15) is 13.2 Å². The molecule has 0 atom stereocenters. The Labute approximate surface area is 103 Å². The van der Waals surface area contributed by atoms with E-state index < -0.39 is 11.7 Å². The summed E-state index contributed by atoms with van der Waals surface area (Å²) in [6, 6.07) is 4.84. The monoisotopic (exact) mass is 306 g/mol. The van der Waals surface area contributed by atoms with Gasteiger partial charge in [-0.3, -0.25) is 0 Å². The van der Waals surface area contributed by atoms with E-state index in [9.17, 15) is 13.2 Å². The Bertz CT molecular complexity index is 507. The lowest BCUT2D eigenvalue weighted by Crippen LogP contribution is -2.04. The minimum absolute atomic E-state index is 0.249. The van der Waals surface area contributed by atoms with Crippen LogP contribution in [-0.4, -0.2) is 10.2 Å². The maximum atomic E-state index is 12.3. The van der Waals surface area contributed by atoms with Gasteiger partial charge in [0.1, 0.15) is 0 Å². The first-order chi connectivity index (χ1) is 7.95. The summed E-state index contributed by atoms with van der Waals surface area (Å²) < 4.78 is 42.0. The van der Waals surface area contributed by atoms with Crippen molar-refractivity contribution in [1.82, 2.24) is 10.2 Å². The molecule has 90 valence electrons. The normalized spacial score (nSPS) is 11.8. The lowest BCUT2D eigenvalue weighted by molar-refractivity contribution is -0.137. The predicted molar refractivity (Wildman–Crippen MR) is 56.2 cm³/mol. The molecule has 2 rings (SSSR count). The minimum atomic E-state index is -4.31. The molecule has 2 aromatic rings. The van der Waals surface area contributed by atoms with Crippen LogP contribution in [0.25, 0.3) is 0 Å². The quantitative estimate of drug-likeness (QED) is 0.853. The fourth-order valence-corrected chi connectivity index (χ4v) is 1.56. The smallest absolute Gasteiger partial charge is 0.415 e. The van der Waals surface area contributed by atoms with Gasteiger partial charge in [0.05, 0.1) is 12.0 Å². The van der Waals surface area contributed by atoms with Crippen LogP contribution in [0.1, 0.15) is 17.0 Å². The van der Waals surface area contributed by atoms with E-state index in [1.807, 2.05) is 0 Å². The molecule has 0 unspecified atom stereocenters. The molecule has 0 bridgehead atoms. The highest BCUT2D eigenvalue weighted by molar-refractivity contribution is 9.10. The number of alkyl halides is 3. The van der Waals surface area contributed by atoms with E-state index in [-0.39, 0.29) is 4.80 Å². The molecule has 17 heavy (non-hydrogen) atoms. The second kappa shape index (κ2) is 4.48. The molecule has 0 spiro atoms. The van der Waals surface area contributed by atoms with E-state index in [1.165, 1.54) is 12.1 Å². The minimum Gasteiger partial charge on any atom is -0.415 e. The van der Waals surface area contributed by atoms with Crippen LogP contribution in [0.4, 0.5) is 13.2 Å². The third-order valence-corrected chi connectivity index (χ3v) is 2.40. The summed E-state index contributed by atoms with van der Waals surface area (Å²) in [7, 11) is 0. The Kier molecular flexibility index (Phi) is 3.19. The van der Waals surface area contributed by atoms with Crippen molar-refractivity contribution in [2.24, 2.45) is 0 Å². The molecule has 0 saturated heterocycles. The zero-order chi connectivity index (χ0) is 12.5. The molecule has 3 nitrogen and oxygen atoms in total. The van der Waals surface area contributed by atoms with Crippen molar-refractivity contribution in [1.29, 1.82) is 0 Å². The molecule has 0 saturated carbocycles. The Morgan fingerprint density at radius 3 is 2.24 bits per heavy atom. The van der Waals surface area contributed by atoms with Crippen molar-refractivity contribution < 1.29 is 17.6 Å². The van der Waals surface area contributed by atoms with Gasteiger partial charge in [0, 0.05) is 15.9 Å². The van der Waals surface area contributed by atoms with Gasteiger partial charge in [-0.25, -0.2) is 0 Å². The van der Waals surface area contributed by atoms with Crippen LogP contribution in [0.5, 0.6) is 0 Å². The van der Waals surface area contributed by atoms with E-state index in [0.717, 1.165) is 12.1 Å². The molecule has 0 aliphatic rings. The zero-order valence-corrected chi connectivity index (χ0v) is 9.92. The SMILES string of the molecule is FC(F)(F)c1ccc(Cc2nnc(Br)o2)cc1. The average Bonchev–Trinajstić information content (AvgIpc) is 2.63. The van der Waals surface area contributed by atoms with Gasteiger partial charge < -0.3 is 4.42 Å². The molecule has 1 aromatic heterocycles. The van der Waals surface area contributed by atoms with Crippen LogP contribution in [0.3, 0.4) is 0 Å². The van der Waals surface area contributed by atoms with E-state index >= 15 is 0 Å². The number of hydrogen-bond acceptors (Lipinski definition) is 3. The summed E-state index contributed by atoms with van der Waals surface area (Å²) in [5, 5.41) is 7.29. The van der Waals surface area contributed by atoms with Gasteiger partial charge >= 0.3 is 6.18 Å². The maximum Gasteiger partial charge on any atom is 0.416 e. The molecule has 0 amide bonds. The van der Waals surface area contributed by atoms with Crippen LogP contribution >= 0.6 is 15.9 Å². The first-order valence-corrected chi connectivity index (χ1v) is 5.38. The highest BCUT2D eigenvalue weighted by Crippen LogP contribution is 2.29. The van der Waals surface area contributed by atoms with Gasteiger partial charge in [-0.05, 0) is 17.7 Å². The first-order valence-electron chi connectivity index (χ1n) is 4.59. The van der Waals surface area contributed by atoms with Gasteiger partial charge in [-0.1, -0.05) is 12.1 Å². The third-order valence-electron chi connectivity index (χ3n) is 2.08. The highest BCUT2D eigenvalue weighted by atomic mass is 79.9. The molecular formula is C10H6BrF3N2O. The number of hydrogen-bond donors (Lipinski definition) is 0. The highest BCUT2D eigenvalue weighted by Gasteiger charge is 2.29.